The topological polar surface area (TPSA) is 72.6 Å². The standard InChI is InChI=1S/C19H19ClN2O3S/c1-12-8-9-22(15-4-2-3-5-17(15)26-12)18(23)11-25-16-7-6-13(20)10-14(16)19(21)24/h2-7,10,12H,8-9,11H2,1H3,(H2,21,24)/t12-/m0/s1. The molecule has 0 fully saturated rings. The Hall–Kier alpha value is -2.18. The minimum atomic E-state index is -0.653. The molecule has 0 aliphatic carbocycles. The molecule has 0 spiro atoms. The van der Waals surface area contributed by atoms with Crippen LogP contribution in [0.5, 0.6) is 5.75 Å². The lowest BCUT2D eigenvalue weighted by molar-refractivity contribution is -0.120. The maximum atomic E-state index is 12.8. The Morgan fingerprint density at radius 3 is 2.85 bits per heavy atom. The number of benzene rings is 2. The lowest BCUT2D eigenvalue weighted by Gasteiger charge is -2.22. The second-order valence-electron chi connectivity index (χ2n) is 6.02. The molecule has 0 bridgehead atoms. The van der Waals surface area contributed by atoms with Gasteiger partial charge in [0.25, 0.3) is 11.8 Å². The normalized spacial score (nSPS) is 16.5. The van der Waals surface area contributed by atoms with E-state index in [0.29, 0.717) is 16.8 Å². The highest BCUT2D eigenvalue weighted by molar-refractivity contribution is 8.00. The highest BCUT2D eigenvalue weighted by atomic mass is 35.5. The summed E-state index contributed by atoms with van der Waals surface area (Å²) in [6.45, 7) is 2.59. The van der Waals surface area contributed by atoms with Gasteiger partial charge in [-0.05, 0) is 36.8 Å². The number of thioether (sulfide) groups is 1. The van der Waals surface area contributed by atoms with E-state index in [-0.39, 0.29) is 23.8 Å². The zero-order valence-corrected chi connectivity index (χ0v) is 15.8. The summed E-state index contributed by atoms with van der Waals surface area (Å²) in [6, 6.07) is 12.4. The van der Waals surface area contributed by atoms with Crippen molar-refractivity contribution < 1.29 is 14.3 Å². The average Bonchev–Trinajstić information content (AvgIpc) is 2.78. The van der Waals surface area contributed by atoms with Gasteiger partial charge in [-0.25, -0.2) is 0 Å². The van der Waals surface area contributed by atoms with Gasteiger partial charge in [0.1, 0.15) is 5.75 Å². The predicted octanol–water partition coefficient (Wildman–Crippen LogP) is 3.74. The summed E-state index contributed by atoms with van der Waals surface area (Å²) < 4.78 is 5.59. The van der Waals surface area contributed by atoms with E-state index in [4.69, 9.17) is 22.1 Å². The molecule has 0 saturated heterocycles. The van der Waals surface area contributed by atoms with Crippen molar-refractivity contribution in [3.8, 4) is 5.75 Å². The third-order valence-corrected chi connectivity index (χ3v) is 5.58. The first kappa shape index (κ1) is 18.6. The van der Waals surface area contributed by atoms with Crippen LogP contribution in [0.1, 0.15) is 23.7 Å². The van der Waals surface area contributed by atoms with Crippen molar-refractivity contribution in [2.24, 2.45) is 5.73 Å². The van der Waals surface area contributed by atoms with Crippen LogP contribution in [-0.2, 0) is 4.79 Å². The zero-order chi connectivity index (χ0) is 18.7. The van der Waals surface area contributed by atoms with E-state index in [0.717, 1.165) is 17.0 Å². The maximum Gasteiger partial charge on any atom is 0.264 e. The first-order valence-corrected chi connectivity index (χ1v) is 9.49. The molecule has 7 heteroatoms. The van der Waals surface area contributed by atoms with Gasteiger partial charge in [-0.3, -0.25) is 9.59 Å². The Morgan fingerprint density at radius 2 is 2.08 bits per heavy atom. The summed E-state index contributed by atoms with van der Waals surface area (Å²) in [6.07, 6.45) is 0.887. The van der Waals surface area contributed by atoms with Crippen LogP contribution < -0.4 is 15.4 Å². The first-order chi connectivity index (χ1) is 12.5. The van der Waals surface area contributed by atoms with Crippen LogP contribution in [0, 0.1) is 0 Å². The van der Waals surface area contributed by atoms with Crippen molar-refractivity contribution in [1.82, 2.24) is 0 Å². The van der Waals surface area contributed by atoms with E-state index in [1.807, 2.05) is 24.3 Å². The highest BCUT2D eigenvalue weighted by Gasteiger charge is 2.24. The number of anilines is 1. The highest BCUT2D eigenvalue weighted by Crippen LogP contribution is 2.37. The Bertz CT molecular complexity index is 843. The molecular weight excluding hydrogens is 372 g/mol. The monoisotopic (exact) mass is 390 g/mol. The number of halogens is 1. The number of amides is 2. The summed E-state index contributed by atoms with van der Waals surface area (Å²) in [5.74, 6) is -0.570. The number of nitrogens with zero attached hydrogens (tertiary/aromatic N) is 1. The minimum absolute atomic E-state index is 0.158. The number of para-hydroxylation sites is 1. The molecule has 0 aromatic heterocycles. The molecule has 2 aromatic carbocycles. The number of primary amides is 1. The van der Waals surface area contributed by atoms with Gasteiger partial charge in [-0.15, -0.1) is 11.8 Å². The summed E-state index contributed by atoms with van der Waals surface area (Å²) in [7, 11) is 0. The van der Waals surface area contributed by atoms with Gasteiger partial charge in [0.15, 0.2) is 6.61 Å². The van der Waals surface area contributed by atoms with Crippen molar-refractivity contribution >= 4 is 40.9 Å². The van der Waals surface area contributed by atoms with Crippen molar-refractivity contribution in [2.75, 3.05) is 18.1 Å². The number of carbonyl (C=O) groups excluding carboxylic acids is 2. The van der Waals surface area contributed by atoms with Crippen LogP contribution in [-0.4, -0.2) is 30.2 Å². The van der Waals surface area contributed by atoms with E-state index < -0.39 is 5.91 Å². The van der Waals surface area contributed by atoms with Crippen molar-refractivity contribution in [3.63, 3.8) is 0 Å². The maximum absolute atomic E-state index is 12.8. The first-order valence-electron chi connectivity index (χ1n) is 8.24. The second-order valence-corrected chi connectivity index (χ2v) is 7.94. The van der Waals surface area contributed by atoms with E-state index in [1.54, 1.807) is 28.8 Å². The van der Waals surface area contributed by atoms with Crippen LogP contribution in [0.25, 0.3) is 0 Å². The second kappa shape index (κ2) is 8.01. The molecule has 3 rings (SSSR count). The smallest absolute Gasteiger partial charge is 0.264 e. The molecular formula is C19H19ClN2O3S. The molecule has 0 radical (unpaired) electrons. The number of carbonyl (C=O) groups is 2. The summed E-state index contributed by atoms with van der Waals surface area (Å²) in [4.78, 5) is 27.2. The van der Waals surface area contributed by atoms with Crippen molar-refractivity contribution in [2.45, 2.75) is 23.5 Å². The minimum Gasteiger partial charge on any atom is -0.483 e. The van der Waals surface area contributed by atoms with Crippen molar-refractivity contribution in [1.29, 1.82) is 0 Å². The van der Waals surface area contributed by atoms with Crippen LogP contribution in [0.3, 0.4) is 0 Å². The lowest BCUT2D eigenvalue weighted by Crippen LogP contribution is -2.36. The molecule has 1 aliphatic heterocycles. The van der Waals surface area contributed by atoms with Crippen LogP contribution in [0.4, 0.5) is 5.69 Å². The summed E-state index contributed by atoms with van der Waals surface area (Å²) >= 11 is 7.66. The van der Waals surface area contributed by atoms with Gasteiger partial charge in [0.05, 0.1) is 11.3 Å². The van der Waals surface area contributed by atoms with E-state index >= 15 is 0 Å². The predicted molar refractivity (Wildman–Crippen MR) is 104 cm³/mol. The molecule has 0 unspecified atom stereocenters. The largest absolute Gasteiger partial charge is 0.483 e. The number of nitrogens with two attached hydrogens (primary N) is 1. The van der Waals surface area contributed by atoms with E-state index in [1.165, 1.54) is 6.07 Å². The Balaban J connectivity index is 1.78. The Morgan fingerprint density at radius 1 is 1.31 bits per heavy atom. The third-order valence-electron chi connectivity index (χ3n) is 4.10. The number of hydrogen-bond donors (Lipinski definition) is 1. The zero-order valence-electron chi connectivity index (χ0n) is 14.3. The van der Waals surface area contributed by atoms with Gasteiger partial charge < -0.3 is 15.4 Å². The average molecular weight is 391 g/mol. The van der Waals surface area contributed by atoms with E-state index in [2.05, 4.69) is 6.92 Å². The molecule has 1 atom stereocenters. The van der Waals surface area contributed by atoms with Crippen molar-refractivity contribution in [3.05, 3.63) is 53.1 Å². The molecule has 5 nitrogen and oxygen atoms in total. The molecule has 136 valence electrons. The molecule has 1 heterocycles. The van der Waals surface area contributed by atoms with Gasteiger partial charge in [-0.1, -0.05) is 30.7 Å². The molecule has 2 N–H and O–H groups in total. The molecule has 0 saturated carbocycles. The number of rotatable bonds is 4. The van der Waals surface area contributed by atoms with Crippen LogP contribution >= 0.6 is 23.4 Å². The lowest BCUT2D eigenvalue weighted by atomic mass is 10.2. The number of hydrogen-bond acceptors (Lipinski definition) is 4. The summed E-state index contributed by atoms with van der Waals surface area (Å²) in [5, 5.41) is 0.803. The summed E-state index contributed by atoms with van der Waals surface area (Å²) in [5.41, 5.74) is 6.40. The number of ether oxygens (including phenoxy) is 1. The third kappa shape index (κ3) is 4.14. The molecule has 2 aromatic rings. The van der Waals surface area contributed by atoms with E-state index in [9.17, 15) is 9.59 Å². The van der Waals surface area contributed by atoms with Crippen LogP contribution in [0.2, 0.25) is 5.02 Å². The molecule has 2 amide bonds. The fourth-order valence-corrected chi connectivity index (χ4v) is 4.07. The van der Waals surface area contributed by atoms with Gasteiger partial charge in [0.2, 0.25) is 0 Å². The van der Waals surface area contributed by atoms with Gasteiger partial charge >= 0.3 is 0 Å². The van der Waals surface area contributed by atoms with Crippen LogP contribution in [0.15, 0.2) is 47.4 Å². The fourth-order valence-electron chi connectivity index (χ4n) is 2.78. The number of fused-ring (bicyclic) bond motifs is 1. The quantitative estimate of drug-likeness (QED) is 0.863. The molecule has 26 heavy (non-hydrogen) atoms. The van der Waals surface area contributed by atoms with Gasteiger partial charge in [-0.2, -0.15) is 0 Å². The van der Waals surface area contributed by atoms with Gasteiger partial charge in [0, 0.05) is 21.7 Å². The Kier molecular flexibility index (Phi) is 5.74. The fraction of sp³-hybridized carbons (Fsp3) is 0.263. The molecule has 1 aliphatic rings. The SMILES string of the molecule is C[C@H]1CCN(C(=O)COc2ccc(Cl)cc2C(N)=O)c2ccccc2S1. The Labute approximate surface area is 161 Å².